The molecule has 0 aromatic heterocycles. The van der Waals surface area contributed by atoms with E-state index in [9.17, 15) is 13.2 Å². The first-order valence-corrected chi connectivity index (χ1v) is 7.80. The van der Waals surface area contributed by atoms with Gasteiger partial charge in [-0.3, -0.25) is 4.79 Å². The molecule has 0 aromatic rings. The molecule has 1 N–H and O–H groups in total. The highest BCUT2D eigenvalue weighted by molar-refractivity contribution is 7.88. The van der Waals surface area contributed by atoms with Crippen LogP contribution in [0.15, 0.2) is 0 Å². The number of nitrogens with one attached hydrogen (secondary N) is 1. The van der Waals surface area contributed by atoms with Gasteiger partial charge in [-0.15, -0.1) is 0 Å². The SMILES string of the molecule is CS(=O)(=O)N1CCN(C(=O)C2CCCN2)CC1. The molecule has 6 nitrogen and oxygen atoms in total. The zero-order valence-corrected chi connectivity index (χ0v) is 10.9. The van der Waals surface area contributed by atoms with Gasteiger partial charge in [0.1, 0.15) is 0 Å². The monoisotopic (exact) mass is 261 g/mol. The second-order valence-corrected chi connectivity index (χ2v) is 6.62. The third-order valence-electron chi connectivity index (χ3n) is 3.38. The Morgan fingerprint density at radius 3 is 2.35 bits per heavy atom. The minimum Gasteiger partial charge on any atom is -0.339 e. The van der Waals surface area contributed by atoms with E-state index in [1.165, 1.54) is 10.6 Å². The lowest BCUT2D eigenvalue weighted by Crippen LogP contribution is -2.53. The van der Waals surface area contributed by atoms with Gasteiger partial charge in [0.15, 0.2) is 0 Å². The zero-order chi connectivity index (χ0) is 12.5. The van der Waals surface area contributed by atoms with E-state index in [1.54, 1.807) is 4.90 Å². The summed E-state index contributed by atoms with van der Waals surface area (Å²) in [5.74, 6) is 0.121. The molecule has 0 spiro atoms. The fourth-order valence-corrected chi connectivity index (χ4v) is 3.18. The molecule has 1 unspecified atom stereocenters. The normalized spacial score (nSPS) is 27.4. The van der Waals surface area contributed by atoms with Crippen molar-refractivity contribution in [2.24, 2.45) is 0 Å². The maximum atomic E-state index is 12.1. The molecule has 2 aliphatic rings. The quantitative estimate of drug-likeness (QED) is 0.681. The van der Waals surface area contributed by atoms with Crippen molar-refractivity contribution in [1.82, 2.24) is 14.5 Å². The van der Waals surface area contributed by atoms with Gasteiger partial charge in [-0.05, 0) is 19.4 Å². The van der Waals surface area contributed by atoms with Crippen molar-refractivity contribution in [2.75, 3.05) is 39.0 Å². The van der Waals surface area contributed by atoms with Crippen LogP contribution >= 0.6 is 0 Å². The Morgan fingerprint density at radius 1 is 1.24 bits per heavy atom. The Labute approximate surface area is 102 Å². The van der Waals surface area contributed by atoms with E-state index in [1.807, 2.05) is 0 Å². The molecule has 98 valence electrons. The lowest BCUT2D eigenvalue weighted by Gasteiger charge is -2.34. The van der Waals surface area contributed by atoms with Gasteiger partial charge in [0, 0.05) is 26.2 Å². The second kappa shape index (κ2) is 4.91. The van der Waals surface area contributed by atoms with Gasteiger partial charge in [-0.1, -0.05) is 0 Å². The van der Waals surface area contributed by atoms with E-state index in [4.69, 9.17) is 0 Å². The molecule has 7 heteroatoms. The third kappa shape index (κ3) is 2.97. The van der Waals surface area contributed by atoms with Crippen molar-refractivity contribution >= 4 is 15.9 Å². The fourth-order valence-electron chi connectivity index (χ4n) is 2.36. The highest BCUT2D eigenvalue weighted by atomic mass is 32.2. The highest BCUT2D eigenvalue weighted by Crippen LogP contribution is 2.12. The second-order valence-electron chi connectivity index (χ2n) is 4.64. The van der Waals surface area contributed by atoms with Crippen LogP contribution in [-0.4, -0.2) is 68.6 Å². The van der Waals surface area contributed by atoms with Crippen LogP contribution in [0.2, 0.25) is 0 Å². The highest BCUT2D eigenvalue weighted by Gasteiger charge is 2.31. The Bertz CT molecular complexity index is 382. The summed E-state index contributed by atoms with van der Waals surface area (Å²) >= 11 is 0. The summed E-state index contributed by atoms with van der Waals surface area (Å²) in [5.41, 5.74) is 0. The van der Waals surface area contributed by atoms with Gasteiger partial charge >= 0.3 is 0 Å². The lowest BCUT2D eigenvalue weighted by atomic mass is 10.2. The summed E-state index contributed by atoms with van der Waals surface area (Å²) in [6.45, 7) is 2.74. The van der Waals surface area contributed by atoms with Gasteiger partial charge in [-0.25, -0.2) is 8.42 Å². The van der Waals surface area contributed by atoms with Crippen LogP contribution in [0, 0.1) is 0 Å². The first kappa shape index (κ1) is 12.8. The predicted octanol–water partition coefficient (Wildman–Crippen LogP) is -1.16. The minimum atomic E-state index is -3.11. The van der Waals surface area contributed by atoms with E-state index in [0.717, 1.165) is 19.4 Å². The van der Waals surface area contributed by atoms with Crippen LogP contribution in [0.25, 0.3) is 0 Å². The van der Waals surface area contributed by atoms with Gasteiger partial charge in [-0.2, -0.15) is 4.31 Å². The summed E-state index contributed by atoms with van der Waals surface area (Å²) < 4.78 is 24.1. The van der Waals surface area contributed by atoms with Crippen molar-refractivity contribution in [3.8, 4) is 0 Å². The molecule has 0 radical (unpaired) electrons. The van der Waals surface area contributed by atoms with Gasteiger partial charge in [0.05, 0.1) is 12.3 Å². The number of amides is 1. The van der Waals surface area contributed by atoms with Crippen LogP contribution in [0.3, 0.4) is 0 Å². The largest absolute Gasteiger partial charge is 0.339 e. The number of nitrogens with zero attached hydrogens (tertiary/aromatic N) is 2. The van der Waals surface area contributed by atoms with Crippen LogP contribution in [0.5, 0.6) is 0 Å². The molecule has 0 aromatic carbocycles. The maximum Gasteiger partial charge on any atom is 0.239 e. The first-order valence-electron chi connectivity index (χ1n) is 5.96. The van der Waals surface area contributed by atoms with Gasteiger partial charge in [0.2, 0.25) is 15.9 Å². The number of carbonyl (C=O) groups is 1. The number of hydrogen-bond acceptors (Lipinski definition) is 4. The van der Waals surface area contributed by atoms with E-state index >= 15 is 0 Å². The van der Waals surface area contributed by atoms with Gasteiger partial charge < -0.3 is 10.2 Å². The molecule has 2 rings (SSSR count). The fraction of sp³-hybridized carbons (Fsp3) is 0.900. The van der Waals surface area contributed by atoms with Crippen molar-refractivity contribution in [3.05, 3.63) is 0 Å². The molecular formula is C10H19N3O3S. The van der Waals surface area contributed by atoms with Crippen molar-refractivity contribution in [3.63, 3.8) is 0 Å². The topological polar surface area (TPSA) is 69.7 Å². The van der Waals surface area contributed by atoms with E-state index in [0.29, 0.717) is 26.2 Å². The summed E-state index contributed by atoms with van der Waals surface area (Å²) in [6, 6.07) is -0.0558. The van der Waals surface area contributed by atoms with Crippen LogP contribution < -0.4 is 5.32 Å². The standard InChI is InChI=1S/C10H19N3O3S/c1-17(15,16)13-7-5-12(6-8-13)10(14)9-3-2-4-11-9/h9,11H,2-8H2,1H3. The summed E-state index contributed by atoms with van der Waals surface area (Å²) in [7, 11) is -3.11. The average Bonchev–Trinajstić information content (AvgIpc) is 2.80. The summed E-state index contributed by atoms with van der Waals surface area (Å²) in [4.78, 5) is 13.8. The van der Waals surface area contributed by atoms with Crippen molar-refractivity contribution in [1.29, 1.82) is 0 Å². The van der Waals surface area contributed by atoms with E-state index < -0.39 is 10.0 Å². The van der Waals surface area contributed by atoms with Gasteiger partial charge in [0.25, 0.3) is 0 Å². The number of sulfonamides is 1. The predicted molar refractivity (Wildman–Crippen MR) is 64.0 cm³/mol. The molecule has 0 aliphatic carbocycles. The number of piperazine rings is 1. The lowest BCUT2D eigenvalue weighted by molar-refractivity contribution is -0.134. The molecule has 0 saturated carbocycles. The molecule has 1 atom stereocenters. The minimum absolute atomic E-state index is 0.0558. The molecule has 1 amide bonds. The van der Waals surface area contributed by atoms with Crippen molar-refractivity contribution in [2.45, 2.75) is 18.9 Å². The number of rotatable bonds is 2. The Hall–Kier alpha value is -0.660. The molecule has 0 bridgehead atoms. The first-order chi connectivity index (χ1) is 7.98. The van der Waals surface area contributed by atoms with Crippen LogP contribution in [0.4, 0.5) is 0 Å². The molecule has 2 aliphatic heterocycles. The third-order valence-corrected chi connectivity index (χ3v) is 4.68. The maximum absolute atomic E-state index is 12.1. The Balaban J connectivity index is 1.88. The number of hydrogen-bond donors (Lipinski definition) is 1. The number of carbonyl (C=O) groups excluding carboxylic acids is 1. The smallest absolute Gasteiger partial charge is 0.239 e. The van der Waals surface area contributed by atoms with Crippen LogP contribution in [-0.2, 0) is 14.8 Å². The van der Waals surface area contributed by atoms with Crippen molar-refractivity contribution < 1.29 is 13.2 Å². The Morgan fingerprint density at radius 2 is 1.88 bits per heavy atom. The van der Waals surface area contributed by atoms with Crippen LogP contribution in [0.1, 0.15) is 12.8 Å². The summed E-state index contributed by atoms with van der Waals surface area (Å²) in [5, 5.41) is 3.17. The Kier molecular flexibility index (Phi) is 3.70. The summed E-state index contributed by atoms with van der Waals surface area (Å²) in [6.07, 6.45) is 3.15. The van der Waals surface area contributed by atoms with E-state index in [-0.39, 0.29) is 11.9 Å². The average molecular weight is 261 g/mol. The zero-order valence-electron chi connectivity index (χ0n) is 10.1. The molecule has 2 fully saturated rings. The molecule has 17 heavy (non-hydrogen) atoms. The molecule has 2 heterocycles. The molecule has 2 saturated heterocycles. The van der Waals surface area contributed by atoms with E-state index in [2.05, 4.69) is 5.32 Å². The molecular weight excluding hydrogens is 242 g/mol.